The van der Waals surface area contributed by atoms with Gasteiger partial charge in [0.25, 0.3) is 0 Å². The number of aryl methyl sites for hydroxylation is 1. The van der Waals surface area contributed by atoms with E-state index in [-0.39, 0.29) is 17.4 Å². The Balaban J connectivity index is 2.40. The second-order valence-electron chi connectivity index (χ2n) is 7.27. The van der Waals surface area contributed by atoms with Crippen LogP contribution in [0.5, 0.6) is 0 Å². The van der Waals surface area contributed by atoms with Crippen LogP contribution in [0.1, 0.15) is 38.6 Å². The van der Waals surface area contributed by atoms with Crippen LogP contribution in [0.2, 0.25) is 0 Å². The molecule has 0 bridgehead atoms. The normalized spacial score (nSPS) is 22.9. The fraction of sp³-hybridized carbons (Fsp3) is 0.750. The van der Waals surface area contributed by atoms with Gasteiger partial charge in [-0.3, -0.25) is 9.48 Å². The Hall–Kier alpha value is -1.41. The van der Waals surface area contributed by atoms with Crippen LogP contribution in [-0.4, -0.2) is 46.7 Å². The molecule has 0 saturated carbocycles. The molecule has 1 fully saturated rings. The van der Waals surface area contributed by atoms with Gasteiger partial charge in [0.1, 0.15) is 4.90 Å². The van der Waals surface area contributed by atoms with Crippen LogP contribution in [0.15, 0.2) is 4.90 Å². The highest BCUT2D eigenvalue weighted by Gasteiger charge is 2.38. The smallest absolute Gasteiger partial charge is 0.307 e. The molecule has 2 heterocycles. The van der Waals surface area contributed by atoms with Crippen molar-refractivity contribution in [3.8, 4) is 0 Å². The highest BCUT2D eigenvalue weighted by molar-refractivity contribution is 7.89. The van der Waals surface area contributed by atoms with E-state index in [1.807, 2.05) is 20.8 Å². The van der Waals surface area contributed by atoms with Gasteiger partial charge in [-0.25, -0.2) is 8.42 Å². The molecule has 24 heavy (non-hydrogen) atoms. The van der Waals surface area contributed by atoms with Crippen LogP contribution >= 0.6 is 0 Å². The summed E-state index contributed by atoms with van der Waals surface area (Å²) in [6, 6.07) is 0. The maximum Gasteiger partial charge on any atom is 0.307 e. The molecular formula is C16H27N3O4S. The highest BCUT2D eigenvalue weighted by atomic mass is 32.2. The van der Waals surface area contributed by atoms with Crippen molar-refractivity contribution in [2.75, 3.05) is 13.1 Å². The predicted molar refractivity (Wildman–Crippen MR) is 90.2 cm³/mol. The largest absolute Gasteiger partial charge is 0.481 e. The minimum absolute atomic E-state index is 0.0148. The zero-order valence-corrected chi connectivity index (χ0v) is 15.8. The molecule has 0 radical (unpaired) electrons. The molecule has 0 aromatic carbocycles. The summed E-state index contributed by atoms with van der Waals surface area (Å²) in [6.07, 6.45) is 0.506. The summed E-state index contributed by atoms with van der Waals surface area (Å²) in [5.74, 6) is -1.23. The second-order valence-corrected chi connectivity index (χ2v) is 9.15. The molecule has 0 spiro atoms. The average molecular weight is 357 g/mol. The number of carbonyl (C=O) groups is 1. The Morgan fingerprint density at radius 2 is 1.96 bits per heavy atom. The molecular weight excluding hydrogens is 330 g/mol. The molecule has 1 saturated heterocycles. The first-order valence-corrected chi connectivity index (χ1v) is 9.75. The first-order valence-electron chi connectivity index (χ1n) is 8.31. The molecule has 8 heteroatoms. The lowest BCUT2D eigenvalue weighted by atomic mass is 9.92. The molecule has 1 aromatic heterocycles. The van der Waals surface area contributed by atoms with E-state index in [1.165, 1.54) is 4.31 Å². The van der Waals surface area contributed by atoms with E-state index in [0.717, 1.165) is 0 Å². The minimum atomic E-state index is -3.75. The molecule has 0 aliphatic carbocycles. The van der Waals surface area contributed by atoms with Gasteiger partial charge in [-0.2, -0.15) is 9.40 Å². The molecule has 1 aromatic rings. The van der Waals surface area contributed by atoms with Crippen LogP contribution in [-0.2, 0) is 21.4 Å². The minimum Gasteiger partial charge on any atom is -0.481 e. The molecule has 0 amide bonds. The Morgan fingerprint density at radius 3 is 2.50 bits per heavy atom. The number of hydrogen-bond acceptors (Lipinski definition) is 4. The summed E-state index contributed by atoms with van der Waals surface area (Å²) in [6.45, 7) is 10.5. The highest BCUT2D eigenvalue weighted by Crippen LogP contribution is 2.30. The fourth-order valence-electron chi connectivity index (χ4n) is 3.38. The maximum absolute atomic E-state index is 13.1. The van der Waals surface area contributed by atoms with Gasteiger partial charge in [-0.1, -0.05) is 20.8 Å². The number of aliphatic carboxylic acids is 1. The molecule has 2 atom stereocenters. The maximum atomic E-state index is 13.1. The lowest BCUT2D eigenvalue weighted by Gasteiger charge is -2.33. The number of hydrogen-bond donors (Lipinski definition) is 1. The standard InChI is InChI=1S/C16H27N3O4S/c1-10(2)7-19-13(5)15(12(4)17-19)24(22,23)18-8-11(3)6-14(9-18)16(20)21/h10-11,14H,6-9H2,1-5H3,(H,20,21). The monoisotopic (exact) mass is 357 g/mol. The molecule has 2 unspecified atom stereocenters. The second kappa shape index (κ2) is 6.84. The van der Waals surface area contributed by atoms with Crippen LogP contribution < -0.4 is 0 Å². The average Bonchev–Trinajstić information content (AvgIpc) is 2.72. The van der Waals surface area contributed by atoms with Gasteiger partial charge in [0.15, 0.2) is 0 Å². The van der Waals surface area contributed by atoms with Gasteiger partial charge in [0, 0.05) is 19.6 Å². The van der Waals surface area contributed by atoms with Crippen molar-refractivity contribution in [2.24, 2.45) is 17.8 Å². The zero-order valence-electron chi connectivity index (χ0n) is 15.0. The van der Waals surface area contributed by atoms with Gasteiger partial charge >= 0.3 is 5.97 Å². The van der Waals surface area contributed by atoms with Crippen molar-refractivity contribution in [3.05, 3.63) is 11.4 Å². The Bertz CT molecular complexity index is 724. The summed E-state index contributed by atoms with van der Waals surface area (Å²) in [4.78, 5) is 11.6. The Labute approximate surface area is 143 Å². The lowest BCUT2D eigenvalue weighted by molar-refractivity contribution is -0.143. The summed E-state index contributed by atoms with van der Waals surface area (Å²) < 4.78 is 29.3. The number of carboxylic acid groups (broad SMARTS) is 1. The van der Waals surface area contributed by atoms with Gasteiger partial charge in [-0.15, -0.1) is 0 Å². The van der Waals surface area contributed by atoms with E-state index in [0.29, 0.717) is 36.8 Å². The van der Waals surface area contributed by atoms with Crippen molar-refractivity contribution in [1.29, 1.82) is 0 Å². The summed E-state index contributed by atoms with van der Waals surface area (Å²) in [5, 5.41) is 13.7. The lowest BCUT2D eigenvalue weighted by Crippen LogP contribution is -2.45. The third-order valence-electron chi connectivity index (χ3n) is 4.43. The zero-order chi connectivity index (χ0) is 18.2. The van der Waals surface area contributed by atoms with E-state index >= 15 is 0 Å². The molecule has 136 valence electrons. The van der Waals surface area contributed by atoms with Crippen LogP contribution in [0, 0.1) is 31.6 Å². The van der Waals surface area contributed by atoms with Crippen molar-refractivity contribution < 1.29 is 18.3 Å². The van der Waals surface area contributed by atoms with Crippen LogP contribution in [0.4, 0.5) is 0 Å². The van der Waals surface area contributed by atoms with Crippen molar-refractivity contribution >= 4 is 16.0 Å². The van der Waals surface area contributed by atoms with E-state index in [1.54, 1.807) is 18.5 Å². The first kappa shape index (κ1) is 18.9. The SMILES string of the molecule is Cc1nn(CC(C)C)c(C)c1S(=O)(=O)N1CC(C)CC(C(=O)O)C1. The summed E-state index contributed by atoms with van der Waals surface area (Å²) in [5.41, 5.74) is 1.09. The van der Waals surface area contributed by atoms with E-state index in [4.69, 9.17) is 0 Å². The molecule has 1 aliphatic rings. The first-order chi connectivity index (χ1) is 11.0. The number of carboxylic acids is 1. The van der Waals surface area contributed by atoms with Gasteiger partial charge in [0.05, 0.1) is 17.3 Å². The third-order valence-corrected chi connectivity index (χ3v) is 6.51. The third kappa shape index (κ3) is 3.64. The molecule has 1 aliphatic heterocycles. The van der Waals surface area contributed by atoms with Crippen molar-refractivity contribution in [2.45, 2.75) is 52.5 Å². The van der Waals surface area contributed by atoms with Crippen LogP contribution in [0.25, 0.3) is 0 Å². The summed E-state index contributed by atoms with van der Waals surface area (Å²) >= 11 is 0. The van der Waals surface area contributed by atoms with E-state index in [2.05, 4.69) is 5.10 Å². The topological polar surface area (TPSA) is 92.5 Å². The Morgan fingerprint density at radius 1 is 1.33 bits per heavy atom. The molecule has 7 nitrogen and oxygen atoms in total. The number of piperidine rings is 1. The number of sulfonamides is 1. The van der Waals surface area contributed by atoms with Crippen molar-refractivity contribution in [3.63, 3.8) is 0 Å². The van der Waals surface area contributed by atoms with Gasteiger partial charge in [0.2, 0.25) is 10.0 Å². The van der Waals surface area contributed by atoms with E-state index < -0.39 is 21.9 Å². The summed E-state index contributed by atoms with van der Waals surface area (Å²) in [7, 11) is -3.75. The molecule has 1 N–H and O–H groups in total. The quantitative estimate of drug-likeness (QED) is 0.869. The Kier molecular flexibility index (Phi) is 5.39. The van der Waals surface area contributed by atoms with Gasteiger partial charge in [-0.05, 0) is 32.1 Å². The fourth-order valence-corrected chi connectivity index (χ4v) is 5.36. The van der Waals surface area contributed by atoms with Gasteiger partial charge < -0.3 is 5.11 Å². The van der Waals surface area contributed by atoms with Crippen LogP contribution in [0.3, 0.4) is 0 Å². The van der Waals surface area contributed by atoms with E-state index in [9.17, 15) is 18.3 Å². The predicted octanol–water partition coefficient (Wildman–Crippen LogP) is 1.89. The van der Waals surface area contributed by atoms with Crippen molar-refractivity contribution in [1.82, 2.24) is 14.1 Å². The number of rotatable bonds is 5. The number of nitrogens with zero attached hydrogens (tertiary/aromatic N) is 3. The molecule has 2 rings (SSSR count). The number of aromatic nitrogens is 2.